The lowest BCUT2D eigenvalue weighted by Crippen LogP contribution is -2.30. The van der Waals surface area contributed by atoms with Crippen LogP contribution >= 0.6 is 0 Å². The van der Waals surface area contributed by atoms with Crippen molar-refractivity contribution >= 4 is 11.8 Å². The number of carbonyl (C=O) groups is 1. The van der Waals surface area contributed by atoms with E-state index in [1.54, 1.807) is 6.20 Å². The van der Waals surface area contributed by atoms with E-state index in [1.807, 2.05) is 37.1 Å². The standard InChI is InChI=1S/C11H16N2O2/c1-3-9(11(14)15)8-13(2)10-6-4-5-7-12-10/h4-7,9H,3,8H2,1-2H3,(H,14,15). The van der Waals surface area contributed by atoms with E-state index in [9.17, 15) is 4.79 Å². The molecular weight excluding hydrogens is 192 g/mol. The molecule has 0 amide bonds. The van der Waals surface area contributed by atoms with Crippen molar-refractivity contribution in [2.45, 2.75) is 13.3 Å². The summed E-state index contributed by atoms with van der Waals surface area (Å²) in [6, 6.07) is 5.60. The summed E-state index contributed by atoms with van der Waals surface area (Å²) in [6.07, 6.45) is 2.33. The van der Waals surface area contributed by atoms with Gasteiger partial charge in [0.25, 0.3) is 0 Å². The number of aliphatic carboxylic acids is 1. The summed E-state index contributed by atoms with van der Waals surface area (Å²) in [7, 11) is 1.86. The Morgan fingerprint density at radius 2 is 2.33 bits per heavy atom. The van der Waals surface area contributed by atoms with Crippen LogP contribution in [0.2, 0.25) is 0 Å². The van der Waals surface area contributed by atoms with Gasteiger partial charge in [0.05, 0.1) is 5.92 Å². The van der Waals surface area contributed by atoms with Crippen LogP contribution < -0.4 is 4.90 Å². The molecule has 0 spiro atoms. The molecule has 1 atom stereocenters. The van der Waals surface area contributed by atoms with Gasteiger partial charge in [-0.15, -0.1) is 0 Å². The Bertz CT molecular complexity index is 314. The van der Waals surface area contributed by atoms with Gasteiger partial charge in [-0.2, -0.15) is 0 Å². The molecule has 1 heterocycles. The maximum absolute atomic E-state index is 10.9. The summed E-state index contributed by atoms with van der Waals surface area (Å²) in [5.74, 6) is -0.283. The topological polar surface area (TPSA) is 53.4 Å². The summed E-state index contributed by atoms with van der Waals surface area (Å²) in [4.78, 5) is 16.9. The highest BCUT2D eigenvalue weighted by molar-refractivity contribution is 5.70. The van der Waals surface area contributed by atoms with Gasteiger partial charge < -0.3 is 10.0 Å². The highest BCUT2D eigenvalue weighted by Crippen LogP contribution is 2.11. The zero-order valence-corrected chi connectivity index (χ0v) is 9.05. The fourth-order valence-corrected chi connectivity index (χ4v) is 1.39. The molecule has 0 fully saturated rings. The second-order valence-electron chi connectivity index (χ2n) is 3.51. The van der Waals surface area contributed by atoms with Crippen LogP contribution in [0.25, 0.3) is 0 Å². The van der Waals surface area contributed by atoms with Gasteiger partial charge in [-0.05, 0) is 18.6 Å². The molecule has 1 aromatic heterocycles. The van der Waals surface area contributed by atoms with E-state index in [4.69, 9.17) is 5.11 Å². The number of rotatable bonds is 5. The third kappa shape index (κ3) is 3.23. The van der Waals surface area contributed by atoms with Crippen LogP contribution in [0.5, 0.6) is 0 Å². The number of carboxylic acid groups (broad SMARTS) is 1. The van der Waals surface area contributed by atoms with Gasteiger partial charge in [0.15, 0.2) is 0 Å². The molecule has 1 N–H and O–H groups in total. The van der Waals surface area contributed by atoms with Gasteiger partial charge in [-0.3, -0.25) is 4.79 Å². The second kappa shape index (κ2) is 5.34. The summed E-state index contributed by atoms with van der Waals surface area (Å²) in [6.45, 7) is 2.37. The van der Waals surface area contributed by atoms with Crippen LogP contribution in [0.1, 0.15) is 13.3 Å². The molecule has 4 nitrogen and oxygen atoms in total. The van der Waals surface area contributed by atoms with Crippen LogP contribution in [-0.2, 0) is 4.79 Å². The van der Waals surface area contributed by atoms with E-state index in [0.29, 0.717) is 13.0 Å². The first kappa shape index (κ1) is 11.5. The maximum atomic E-state index is 10.9. The van der Waals surface area contributed by atoms with Crippen LogP contribution in [0.15, 0.2) is 24.4 Å². The molecule has 0 aliphatic carbocycles. The molecule has 15 heavy (non-hydrogen) atoms. The van der Waals surface area contributed by atoms with Gasteiger partial charge in [0.2, 0.25) is 0 Å². The minimum absolute atomic E-state index is 0.336. The normalized spacial score (nSPS) is 12.1. The minimum Gasteiger partial charge on any atom is -0.481 e. The first-order valence-corrected chi connectivity index (χ1v) is 5.00. The Labute approximate surface area is 89.6 Å². The largest absolute Gasteiger partial charge is 0.481 e. The van der Waals surface area contributed by atoms with E-state index < -0.39 is 5.97 Å². The molecule has 0 aliphatic rings. The Balaban J connectivity index is 2.62. The van der Waals surface area contributed by atoms with E-state index >= 15 is 0 Å². The number of carboxylic acids is 1. The number of hydrogen-bond donors (Lipinski definition) is 1. The Morgan fingerprint density at radius 1 is 1.60 bits per heavy atom. The van der Waals surface area contributed by atoms with E-state index in [0.717, 1.165) is 5.82 Å². The molecule has 0 bridgehead atoms. The smallest absolute Gasteiger partial charge is 0.308 e. The van der Waals surface area contributed by atoms with Crippen molar-refractivity contribution in [1.82, 2.24) is 4.98 Å². The van der Waals surface area contributed by atoms with E-state index in [2.05, 4.69) is 4.98 Å². The first-order chi connectivity index (χ1) is 7.15. The van der Waals surface area contributed by atoms with Gasteiger partial charge in [0, 0.05) is 19.8 Å². The lowest BCUT2D eigenvalue weighted by molar-refractivity contribution is -0.141. The van der Waals surface area contributed by atoms with E-state index in [-0.39, 0.29) is 5.92 Å². The molecule has 82 valence electrons. The van der Waals surface area contributed by atoms with Crippen molar-refractivity contribution in [3.8, 4) is 0 Å². The highest BCUT2D eigenvalue weighted by atomic mass is 16.4. The van der Waals surface area contributed by atoms with E-state index in [1.165, 1.54) is 0 Å². The lowest BCUT2D eigenvalue weighted by atomic mass is 10.1. The van der Waals surface area contributed by atoms with Gasteiger partial charge in [-0.1, -0.05) is 13.0 Å². The number of nitrogens with zero attached hydrogens (tertiary/aromatic N) is 2. The summed E-state index contributed by atoms with van der Waals surface area (Å²) in [5, 5.41) is 8.92. The third-order valence-corrected chi connectivity index (χ3v) is 2.38. The van der Waals surface area contributed by atoms with Crippen molar-refractivity contribution in [2.24, 2.45) is 5.92 Å². The Hall–Kier alpha value is -1.58. The zero-order valence-electron chi connectivity index (χ0n) is 9.05. The molecule has 1 unspecified atom stereocenters. The van der Waals surface area contributed by atoms with Crippen molar-refractivity contribution < 1.29 is 9.90 Å². The fraction of sp³-hybridized carbons (Fsp3) is 0.455. The summed E-state index contributed by atoms with van der Waals surface area (Å²) in [5.41, 5.74) is 0. The molecular formula is C11H16N2O2. The molecule has 0 saturated carbocycles. The molecule has 0 aromatic carbocycles. The van der Waals surface area contributed by atoms with Crippen LogP contribution in [0.3, 0.4) is 0 Å². The lowest BCUT2D eigenvalue weighted by Gasteiger charge is -2.21. The summed E-state index contributed by atoms with van der Waals surface area (Å²) < 4.78 is 0. The Morgan fingerprint density at radius 3 is 2.80 bits per heavy atom. The molecule has 0 saturated heterocycles. The minimum atomic E-state index is -0.750. The molecule has 1 rings (SSSR count). The fourth-order valence-electron chi connectivity index (χ4n) is 1.39. The van der Waals surface area contributed by atoms with Crippen LogP contribution in [-0.4, -0.2) is 29.7 Å². The summed E-state index contributed by atoms with van der Waals surface area (Å²) >= 11 is 0. The predicted octanol–water partition coefficient (Wildman–Crippen LogP) is 1.63. The number of aromatic nitrogens is 1. The predicted molar refractivity (Wildman–Crippen MR) is 58.9 cm³/mol. The third-order valence-electron chi connectivity index (χ3n) is 2.38. The van der Waals surface area contributed by atoms with Crippen molar-refractivity contribution in [1.29, 1.82) is 0 Å². The van der Waals surface area contributed by atoms with Gasteiger partial charge in [-0.25, -0.2) is 4.98 Å². The quantitative estimate of drug-likeness (QED) is 0.799. The Kier molecular flexibility index (Phi) is 4.09. The maximum Gasteiger partial charge on any atom is 0.308 e. The molecule has 1 aromatic rings. The van der Waals surface area contributed by atoms with Gasteiger partial charge >= 0.3 is 5.97 Å². The SMILES string of the molecule is CCC(CN(C)c1ccccn1)C(=O)O. The highest BCUT2D eigenvalue weighted by Gasteiger charge is 2.17. The average molecular weight is 208 g/mol. The first-order valence-electron chi connectivity index (χ1n) is 5.00. The second-order valence-corrected chi connectivity index (χ2v) is 3.51. The van der Waals surface area contributed by atoms with Crippen molar-refractivity contribution in [3.63, 3.8) is 0 Å². The number of hydrogen-bond acceptors (Lipinski definition) is 3. The molecule has 0 aliphatic heterocycles. The van der Waals surface area contributed by atoms with Gasteiger partial charge in [0.1, 0.15) is 5.82 Å². The van der Waals surface area contributed by atoms with Crippen LogP contribution in [0, 0.1) is 5.92 Å². The number of pyridine rings is 1. The average Bonchev–Trinajstić information content (AvgIpc) is 2.26. The molecule has 0 radical (unpaired) electrons. The van der Waals surface area contributed by atoms with Crippen molar-refractivity contribution in [3.05, 3.63) is 24.4 Å². The monoisotopic (exact) mass is 208 g/mol. The number of anilines is 1. The molecule has 4 heteroatoms. The van der Waals surface area contributed by atoms with Crippen molar-refractivity contribution in [2.75, 3.05) is 18.5 Å². The van der Waals surface area contributed by atoms with Crippen LogP contribution in [0.4, 0.5) is 5.82 Å². The zero-order chi connectivity index (χ0) is 11.3.